The van der Waals surface area contributed by atoms with Gasteiger partial charge in [0, 0.05) is 6.42 Å². The molecule has 1 saturated carbocycles. The minimum atomic E-state index is -1.74. The highest BCUT2D eigenvalue weighted by Gasteiger charge is 2.49. The van der Waals surface area contributed by atoms with Gasteiger partial charge in [-0.25, -0.2) is 4.79 Å². The van der Waals surface area contributed by atoms with E-state index >= 15 is 0 Å². The average molecular weight is 185 g/mol. The maximum Gasteiger partial charge on any atom is 0.345 e. The van der Waals surface area contributed by atoms with Gasteiger partial charge in [0.25, 0.3) is 5.54 Å². The fraction of sp³-hybridized carbons (Fsp3) is 0.750. The third-order valence-electron chi connectivity index (χ3n) is 2.33. The van der Waals surface area contributed by atoms with E-state index in [9.17, 15) is 14.5 Å². The number of nitroso groups, excluding NO2 is 1. The standard InChI is InChI=1S/C8H11NO4/c1-13-7(11)8(9-12)5-3-2-4-6(8)10/h2-5H2,1H3. The van der Waals surface area contributed by atoms with Gasteiger partial charge in [-0.1, -0.05) is 0 Å². The van der Waals surface area contributed by atoms with Gasteiger partial charge in [0.15, 0.2) is 5.78 Å². The lowest BCUT2D eigenvalue weighted by Gasteiger charge is -2.25. The molecule has 0 aromatic carbocycles. The number of carbonyl (C=O) groups is 2. The van der Waals surface area contributed by atoms with E-state index in [1.165, 1.54) is 0 Å². The van der Waals surface area contributed by atoms with Crippen LogP contribution >= 0.6 is 0 Å². The molecule has 1 unspecified atom stereocenters. The molecule has 1 aliphatic rings. The highest BCUT2D eigenvalue weighted by Crippen LogP contribution is 2.29. The van der Waals surface area contributed by atoms with Crippen molar-refractivity contribution in [2.45, 2.75) is 31.2 Å². The summed E-state index contributed by atoms with van der Waals surface area (Å²) in [7, 11) is 1.15. The fourth-order valence-corrected chi connectivity index (χ4v) is 1.53. The minimum absolute atomic E-state index is 0.183. The van der Waals surface area contributed by atoms with Gasteiger partial charge in [-0.15, -0.1) is 4.91 Å². The molecule has 0 saturated heterocycles. The number of rotatable bonds is 2. The highest BCUT2D eigenvalue weighted by atomic mass is 16.5. The summed E-state index contributed by atoms with van der Waals surface area (Å²) in [6.07, 6.45) is 1.79. The van der Waals surface area contributed by atoms with Crippen LogP contribution in [0.1, 0.15) is 25.7 Å². The van der Waals surface area contributed by atoms with E-state index in [0.29, 0.717) is 12.8 Å². The quantitative estimate of drug-likeness (QED) is 0.362. The molecule has 0 aromatic rings. The molecule has 5 nitrogen and oxygen atoms in total. The molecule has 0 radical (unpaired) electrons. The lowest BCUT2D eigenvalue weighted by molar-refractivity contribution is -0.152. The van der Waals surface area contributed by atoms with Crippen molar-refractivity contribution in [1.82, 2.24) is 0 Å². The zero-order valence-corrected chi connectivity index (χ0v) is 7.41. The van der Waals surface area contributed by atoms with Crippen molar-refractivity contribution in [2.24, 2.45) is 5.18 Å². The van der Waals surface area contributed by atoms with Crippen molar-refractivity contribution in [1.29, 1.82) is 0 Å². The second kappa shape index (κ2) is 3.64. The Labute approximate surface area is 75.4 Å². The Balaban J connectivity index is 2.95. The summed E-state index contributed by atoms with van der Waals surface area (Å²) in [5.74, 6) is -1.24. The predicted molar refractivity (Wildman–Crippen MR) is 44.0 cm³/mol. The van der Waals surface area contributed by atoms with Gasteiger partial charge < -0.3 is 4.74 Å². The van der Waals surface area contributed by atoms with Gasteiger partial charge >= 0.3 is 5.97 Å². The van der Waals surface area contributed by atoms with E-state index in [1.807, 2.05) is 0 Å². The summed E-state index contributed by atoms with van der Waals surface area (Å²) in [5.41, 5.74) is -1.74. The third-order valence-corrected chi connectivity index (χ3v) is 2.33. The van der Waals surface area contributed by atoms with Crippen molar-refractivity contribution in [3.05, 3.63) is 4.91 Å². The molecule has 5 heteroatoms. The molecule has 1 rings (SSSR count). The molecule has 0 amide bonds. The first-order valence-electron chi connectivity index (χ1n) is 4.13. The number of ketones is 1. The largest absolute Gasteiger partial charge is 0.467 e. The summed E-state index contributed by atoms with van der Waals surface area (Å²) in [4.78, 5) is 33.1. The van der Waals surface area contributed by atoms with Crippen LogP contribution in [0.15, 0.2) is 5.18 Å². The molecule has 1 atom stereocenters. The minimum Gasteiger partial charge on any atom is -0.467 e. The number of esters is 1. The van der Waals surface area contributed by atoms with Crippen LogP contribution in [-0.2, 0) is 14.3 Å². The summed E-state index contributed by atoms with van der Waals surface area (Å²) in [6, 6.07) is 0. The van der Waals surface area contributed by atoms with Gasteiger partial charge in [-0.05, 0) is 24.4 Å². The molecule has 1 fully saturated rings. The monoisotopic (exact) mass is 185 g/mol. The van der Waals surface area contributed by atoms with Crippen LogP contribution in [0.3, 0.4) is 0 Å². The Bertz CT molecular complexity index is 241. The van der Waals surface area contributed by atoms with E-state index in [0.717, 1.165) is 7.11 Å². The zero-order chi connectivity index (χ0) is 9.90. The van der Waals surface area contributed by atoms with Gasteiger partial charge in [0.1, 0.15) is 0 Å². The number of ether oxygens (including phenoxy) is 1. The maximum atomic E-state index is 11.4. The molecular formula is C8H11NO4. The maximum absolute atomic E-state index is 11.4. The van der Waals surface area contributed by atoms with E-state index in [4.69, 9.17) is 0 Å². The van der Waals surface area contributed by atoms with Crippen LogP contribution in [0.5, 0.6) is 0 Å². The first kappa shape index (κ1) is 9.83. The van der Waals surface area contributed by atoms with E-state index in [-0.39, 0.29) is 12.8 Å². The lowest BCUT2D eigenvalue weighted by atomic mass is 9.81. The molecular weight excluding hydrogens is 174 g/mol. The fourth-order valence-electron chi connectivity index (χ4n) is 1.53. The Morgan fingerprint density at radius 2 is 2.23 bits per heavy atom. The molecule has 0 bridgehead atoms. The number of hydrogen-bond acceptors (Lipinski definition) is 5. The van der Waals surface area contributed by atoms with Crippen LogP contribution in [0.2, 0.25) is 0 Å². The Morgan fingerprint density at radius 1 is 1.54 bits per heavy atom. The van der Waals surface area contributed by atoms with Crippen LogP contribution < -0.4 is 0 Å². The smallest absolute Gasteiger partial charge is 0.345 e. The molecule has 0 heterocycles. The molecule has 0 aromatic heterocycles. The second-order valence-corrected chi connectivity index (χ2v) is 3.07. The zero-order valence-electron chi connectivity index (χ0n) is 7.41. The van der Waals surface area contributed by atoms with Gasteiger partial charge in [0.2, 0.25) is 0 Å². The number of nitrogens with zero attached hydrogens (tertiary/aromatic N) is 1. The molecule has 13 heavy (non-hydrogen) atoms. The lowest BCUT2D eigenvalue weighted by Crippen LogP contribution is -2.47. The van der Waals surface area contributed by atoms with Crippen LogP contribution in [-0.4, -0.2) is 24.4 Å². The van der Waals surface area contributed by atoms with Crippen LogP contribution in [0.4, 0.5) is 0 Å². The topological polar surface area (TPSA) is 72.8 Å². The number of methoxy groups -OCH3 is 1. The third kappa shape index (κ3) is 1.46. The van der Waals surface area contributed by atoms with E-state index < -0.39 is 17.3 Å². The molecule has 72 valence electrons. The van der Waals surface area contributed by atoms with Crippen LogP contribution in [0, 0.1) is 4.91 Å². The number of Topliss-reactive ketones (excluding diaryl/α,β-unsaturated/α-hetero) is 1. The Hall–Kier alpha value is -1.26. The number of carbonyl (C=O) groups excluding carboxylic acids is 2. The summed E-state index contributed by atoms with van der Waals surface area (Å²) in [5, 5.41) is 2.66. The molecule has 0 N–H and O–H groups in total. The summed E-state index contributed by atoms with van der Waals surface area (Å²) in [6.45, 7) is 0. The molecule has 0 aliphatic heterocycles. The predicted octanol–water partition coefficient (Wildman–Crippen LogP) is 0.808. The normalized spacial score (nSPS) is 28.2. The first-order valence-corrected chi connectivity index (χ1v) is 4.13. The number of hydrogen-bond donors (Lipinski definition) is 0. The van der Waals surface area contributed by atoms with Crippen molar-refractivity contribution in [2.75, 3.05) is 7.11 Å². The van der Waals surface area contributed by atoms with Gasteiger partial charge in [-0.2, -0.15) is 0 Å². The Morgan fingerprint density at radius 3 is 2.69 bits per heavy atom. The van der Waals surface area contributed by atoms with Gasteiger partial charge in [0.05, 0.1) is 7.11 Å². The SMILES string of the molecule is COC(=O)C1(N=O)CCCCC1=O. The highest BCUT2D eigenvalue weighted by molar-refractivity contribution is 6.09. The molecule has 0 spiro atoms. The van der Waals surface area contributed by atoms with E-state index in [1.54, 1.807) is 0 Å². The van der Waals surface area contributed by atoms with E-state index in [2.05, 4.69) is 9.91 Å². The molecule has 1 aliphatic carbocycles. The second-order valence-electron chi connectivity index (χ2n) is 3.07. The average Bonchev–Trinajstić information content (AvgIpc) is 2.18. The Kier molecular flexibility index (Phi) is 2.75. The summed E-state index contributed by atoms with van der Waals surface area (Å²) >= 11 is 0. The van der Waals surface area contributed by atoms with Crippen LogP contribution in [0.25, 0.3) is 0 Å². The van der Waals surface area contributed by atoms with Gasteiger partial charge in [-0.3, -0.25) is 4.79 Å². The van der Waals surface area contributed by atoms with Crippen molar-refractivity contribution in [3.63, 3.8) is 0 Å². The van der Waals surface area contributed by atoms with Crippen molar-refractivity contribution >= 4 is 11.8 Å². The summed E-state index contributed by atoms with van der Waals surface area (Å²) < 4.78 is 4.40. The van der Waals surface area contributed by atoms with Crippen molar-refractivity contribution in [3.8, 4) is 0 Å². The first-order chi connectivity index (χ1) is 6.17. The van der Waals surface area contributed by atoms with Crippen molar-refractivity contribution < 1.29 is 14.3 Å².